The van der Waals surface area contributed by atoms with E-state index in [1.807, 2.05) is 0 Å². The topological polar surface area (TPSA) is 86.7 Å². The van der Waals surface area contributed by atoms with Gasteiger partial charge in [0.25, 0.3) is 0 Å². The van der Waals surface area contributed by atoms with Crippen molar-refractivity contribution in [1.29, 1.82) is 0 Å². The van der Waals surface area contributed by atoms with Gasteiger partial charge in [-0.05, 0) is 49.2 Å². The van der Waals surface area contributed by atoms with Crippen molar-refractivity contribution in [2.45, 2.75) is 23.9 Å². The SMILES string of the molecule is O=C(Nc1cc(Cl)ccc1O)C1CCN(S(=O)(=O)c2cccc(C(F)(F)F)c2)CC1. The molecular formula is C19H18ClF3N2O4S. The van der Waals surface area contributed by atoms with Crippen molar-refractivity contribution in [3.05, 3.63) is 53.1 Å². The van der Waals surface area contributed by atoms with E-state index >= 15 is 0 Å². The van der Waals surface area contributed by atoms with Crippen LogP contribution in [-0.2, 0) is 21.0 Å². The third-order valence-corrected chi connectivity index (χ3v) is 6.97. The van der Waals surface area contributed by atoms with Crippen LogP contribution in [0, 0.1) is 5.92 Å². The Balaban J connectivity index is 1.67. The lowest BCUT2D eigenvalue weighted by Gasteiger charge is -2.30. The van der Waals surface area contributed by atoms with Crippen molar-refractivity contribution >= 4 is 33.2 Å². The van der Waals surface area contributed by atoms with Crippen LogP contribution < -0.4 is 5.32 Å². The zero-order valence-corrected chi connectivity index (χ0v) is 17.1. The number of anilines is 1. The monoisotopic (exact) mass is 462 g/mol. The molecule has 0 saturated carbocycles. The maximum Gasteiger partial charge on any atom is 0.416 e. The van der Waals surface area contributed by atoms with E-state index in [0.29, 0.717) is 11.1 Å². The van der Waals surface area contributed by atoms with Crippen LogP contribution in [0.5, 0.6) is 5.75 Å². The maximum atomic E-state index is 12.9. The summed E-state index contributed by atoms with van der Waals surface area (Å²) in [6, 6.07) is 7.77. The molecule has 162 valence electrons. The van der Waals surface area contributed by atoms with Gasteiger partial charge in [-0.1, -0.05) is 17.7 Å². The summed E-state index contributed by atoms with van der Waals surface area (Å²) in [6.07, 6.45) is -4.28. The zero-order valence-electron chi connectivity index (χ0n) is 15.5. The van der Waals surface area contributed by atoms with Gasteiger partial charge in [-0.15, -0.1) is 0 Å². The van der Waals surface area contributed by atoms with Crippen molar-refractivity contribution in [3.63, 3.8) is 0 Å². The Kier molecular flexibility index (Phi) is 6.30. The second kappa shape index (κ2) is 8.44. The van der Waals surface area contributed by atoms with E-state index in [1.165, 1.54) is 18.2 Å². The highest BCUT2D eigenvalue weighted by Crippen LogP contribution is 2.32. The van der Waals surface area contributed by atoms with Gasteiger partial charge in [0.15, 0.2) is 0 Å². The van der Waals surface area contributed by atoms with Gasteiger partial charge in [-0.3, -0.25) is 4.79 Å². The fourth-order valence-electron chi connectivity index (χ4n) is 3.18. The molecule has 6 nitrogen and oxygen atoms in total. The molecule has 1 fully saturated rings. The third-order valence-electron chi connectivity index (χ3n) is 4.84. The highest BCUT2D eigenvalue weighted by Gasteiger charge is 2.35. The Morgan fingerprint density at radius 2 is 1.80 bits per heavy atom. The minimum atomic E-state index is -4.65. The highest BCUT2D eigenvalue weighted by molar-refractivity contribution is 7.89. The van der Waals surface area contributed by atoms with Gasteiger partial charge in [0.05, 0.1) is 16.1 Å². The molecule has 0 radical (unpaired) electrons. The van der Waals surface area contributed by atoms with Gasteiger partial charge in [-0.25, -0.2) is 8.42 Å². The average molecular weight is 463 g/mol. The third kappa shape index (κ3) is 4.88. The van der Waals surface area contributed by atoms with E-state index in [1.54, 1.807) is 0 Å². The summed E-state index contributed by atoms with van der Waals surface area (Å²) in [6.45, 7) is -0.0314. The van der Waals surface area contributed by atoms with Gasteiger partial charge < -0.3 is 10.4 Å². The first kappa shape index (κ1) is 22.4. The van der Waals surface area contributed by atoms with Gasteiger partial charge in [-0.2, -0.15) is 17.5 Å². The highest BCUT2D eigenvalue weighted by atomic mass is 35.5. The van der Waals surface area contributed by atoms with Crippen LogP contribution in [0.1, 0.15) is 18.4 Å². The lowest BCUT2D eigenvalue weighted by atomic mass is 9.97. The molecule has 3 rings (SSSR count). The number of rotatable bonds is 4. The molecule has 0 unspecified atom stereocenters. The van der Waals surface area contributed by atoms with Crippen molar-refractivity contribution in [1.82, 2.24) is 4.31 Å². The molecular weight excluding hydrogens is 445 g/mol. The molecule has 1 aliphatic heterocycles. The summed E-state index contributed by atoms with van der Waals surface area (Å²) in [5.74, 6) is -1.07. The van der Waals surface area contributed by atoms with E-state index in [9.17, 15) is 31.5 Å². The molecule has 2 N–H and O–H groups in total. The summed E-state index contributed by atoms with van der Waals surface area (Å²) < 4.78 is 65.2. The predicted molar refractivity (Wildman–Crippen MR) is 105 cm³/mol. The van der Waals surface area contributed by atoms with Gasteiger partial charge in [0.2, 0.25) is 15.9 Å². The van der Waals surface area contributed by atoms with E-state index in [2.05, 4.69) is 5.32 Å². The van der Waals surface area contributed by atoms with Gasteiger partial charge in [0.1, 0.15) is 5.75 Å². The Morgan fingerprint density at radius 3 is 2.43 bits per heavy atom. The van der Waals surface area contributed by atoms with Crippen LogP contribution in [0.4, 0.5) is 18.9 Å². The number of carbonyl (C=O) groups is 1. The molecule has 11 heteroatoms. The molecule has 0 atom stereocenters. The summed E-state index contributed by atoms with van der Waals surface area (Å²) >= 11 is 5.85. The Hall–Kier alpha value is -2.30. The molecule has 1 amide bonds. The van der Waals surface area contributed by atoms with Crippen LogP contribution >= 0.6 is 11.6 Å². The largest absolute Gasteiger partial charge is 0.506 e. The number of sulfonamides is 1. The first-order chi connectivity index (χ1) is 14.0. The van der Waals surface area contributed by atoms with E-state index in [4.69, 9.17) is 11.6 Å². The number of phenols is 1. The van der Waals surface area contributed by atoms with Crippen molar-refractivity contribution in [2.24, 2.45) is 5.92 Å². The number of nitrogens with zero attached hydrogens (tertiary/aromatic N) is 1. The molecule has 2 aromatic rings. The number of benzene rings is 2. The predicted octanol–water partition coefficient (Wildman–Crippen LogP) is 4.10. The average Bonchev–Trinajstić information content (AvgIpc) is 2.70. The molecule has 1 heterocycles. The Bertz CT molecular complexity index is 1050. The summed E-state index contributed by atoms with van der Waals surface area (Å²) in [7, 11) is -4.12. The van der Waals surface area contributed by atoms with Gasteiger partial charge >= 0.3 is 6.18 Å². The standard InChI is InChI=1S/C19H18ClF3N2O4S/c20-14-4-5-17(26)16(11-14)24-18(27)12-6-8-25(9-7-12)30(28,29)15-3-1-2-13(10-15)19(21,22)23/h1-5,10-12,26H,6-9H2,(H,24,27). The van der Waals surface area contributed by atoms with E-state index in [0.717, 1.165) is 22.5 Å². The quantitative estimate of drug-likeness (QED) is 0.670. The van der Waals surface area contributed by atoms with E-state index in [-0.39, 0.29) is 37.4 Å². The molecule has 30 heavy (non-hydrogen) atoms. The van der Waals surface area contributed by atoms with Crippen molar-refractivity contribution in [2.75, 3.05) is 18.4 Å². The number of alkyl halides is 3. The minimum absolute atomic E-state index is 0.0157. The van der Waals surface area contributed by atoms with Crippen LogP contribution in [0.3, 0.4) is 0 Å². The normalized spacial score (nSPS) is 16.4. The second-order valence-corrected chi connectivity index (χ2v) is 9.23. The first-order valence-electron chi connectivity index (χ1n) is 8.95. The lowest BCUT2D eigenvalue weighted by Crippen LogP contribution is -2.41. The molecule has 2 aromatic carbocycles. The number of nitrogens with one attached hydrogen (secondary N) is 1. The molecule has 1 saturated heterocycles. The minimum Gasteiger partial charge on any atom is -0.506 e. The fraction of sp³-hybridized carbons (Fsp3) is 0.316. The molecule has 0 bridgehead atoms. The number of hydrogen-bond donors (Lipinski definition) is 2. The number of hydrogen-bond acceptors (Lipinski definition) is 4. The fourth-order valence-corrected chi connectivity index (χ4v) is 4.87. The Morgan fingerprint density at radius 1 is 1.13 bits per heavy atom. The second-order valence-electron chi connectivity index (χ2n) is 6.85. The first-order valence-corrected chi connectivity index (χ1v) is 10.8. The number of aromatic hydroxyl groups is 1. The summed E-state index contributed by atoms with van der Waals surface area (Å²) in [5, 5.41) is 12.7. The Labute approximate surface area is 176 Å². The molecule has 0 aliphatic carbocycles. The lowest BCUT2D eigenvalue weighted by molar-refractivity contribution is -0.137. The van der Waals surface area contributed by atoms with Crippen LogP contribution in [0.2, 0.25) is 5.02 Å². The van der Waals surface area contributed by atoms with Crippen LogP contribution in [0.15, 0.2) is 47.4 Å². The van der Waals surface area contributed by atoms with Crippen molar-refractivity contribution < 1.29 is 31.5 Å². The van der Waals surface area contributed by atoms with Crippen LogP contribution in [-0.4, -0.2) is 36.8 Å². The summed E-state index contributed by atoms with van der Waals surface area (Å²) in [5.41, 5.74) is -0.898. The number of halogens is 4. The summed E-state index contributed by atoms with van der Waals surface area (Å²) in [4.78, 5) is 12.0. The number of amides is 1. The van der Waals surface area contributed by atoms with Crippen LogP contribution in [0.25, 0.3) is 0 Å². The maximum absolute atomic E-state index is 12.9. The molecule has 0 spiro atoms. The smallest absolute Gasteiger partial charge is 0.416 e. The number of phenolic OH excluding ortho intramolecular Hbond substituents is 1. The van der Waals surface area contributed by atoms with Crippen molar-refractivity contribution in [3.8, 4) is 5.75 Å². The number of carbonyl (C=O) groups excluding carboxylic acids is 1. The molecule has 1 aliphatic rings. The van der Waals surface area contributed by atoms with E-state index < -0.39 is 38.5 Å². The number of piperidine rings is 1. The van der Waals surface area contributed by atoms with Gasteiger partial charge in [0, 0.05) is 24.0 Å². The zero-order chi connectivity index (χ0) is 22.1. The molecule has 0 aromatic heterocycles.